The molecule has 240 valence electrons. The first-order chi connectivity index (χ1) is 22.2. The maximum Gasteiger partial charge on any atom is 0.308 e. The van der Waals surface area contributed by atoms with Gasteiger partial charge in [0.1, 0.15) is 23.0 Å². The average Bonchev–Trinajstić information content (AvgIpc) is 3.04. The molecule has 0 saturated carbocycles. The molecule has 0 aromatic heterocycles. The van der Waals surface area contributed by atoms with Crippen molar-refractivity contribution in [2.75, 3.05) is 13.2 Å². The molecule has 0 aliphatic heterocycles. The predicted molar refractivity (Wildman–Crippen MR) is 187 cm³/mol. The molecule has 6 nitrogen and oxygen atoms in total. The molecule has 0 aliphatic carbocycles. The van der Waals surface area contributed by atoms with E-state index in [1.54, 1.807) is 24.3 Å². The Morgan fingerprint density at radius 1 is 0.565 bits per heavy atom. The topological polar surface area (TPSA) is 71.1 Å². The van der Waals surface area contributed by atoms with Gasteiger partial charge in [-0.1, -0.05) is 101 Å². The Hall–Kier alpha value is -4.84. The van der Waals surface area contributed by atoms with Crippen molar-refractivity contribution in [3.05, 3.63) is 95.1 Å². The summed E-state index contributed by atoms with van der Waals surface area (Å²) in [7, 11) is 0. The zero-order valence-corrected chi connectivity index (χ0v) is 27.7. The summed E-state index contributed by atoms with van der Waals surface area (Å²) in [5.74, 6) is 2.77. The van der Waals surface area contributed by atoms with Crippen molar-refractivity contribution in [1.29, 1.82) is 0 Å². The lowest BCUT2D eigenvalue weighted by Crippen LogP contribution is -2.10. The number of carbonyl (C=O) groups excluding carboxylic acids is 2. The second-order valence-corrected chi connectivity index (χ2v) is 11.7. The van der Waals surface area contributed by atoms with E-state index in [4.69, 9.17) is 18.9 Å². The summed E-state index contributed by atoms with van der Waals surface area (Å²) in [5, 5.41) is 1.97. The van der Waals surface area contributed by atoms with Crippen LogP contribution in [0, 0.1) is 11.8 Å². The zero-order chi connectivity index (χ0) is 33.1. The number of esters is 2. The molecule has 46 heavy (non-hydrogen) atoms. The highest BCUT2D eigenvalue weighted by atomic mass is 16.5. The lowest BCUT2D eigenvalue weighted by atomic mass is 9.99. The Morgan fingerprint density at radius 2 is 0.935 bits per heavy atom. The summed E-state index contributed by atoms with van der Waals surface area (Å²) in [5.41, 5.74) is 3.87. The van der Waals surface area contributed by atoms with E-state index in [2.05, 4.69) is 64.1 Å². The average molecular weight is 621 g/mol. The third-order valence-electron chi connectivity index (χ3n) is 7.78. The van der Waals surface area contributed by atoms with Crippen LogP contribution in [-0.4, -0.2) is 25.2 Å². The van der Waals surface area contributed by atoms with Crippen molar-refractivity contribution in [1.82, 2.24) is 0 Å². The monoisotopic (exact) mass is 620 g/mol. The number of hydrogen-bond acceptors (Lipinski definition) is 6. The molecule has 0 spiro atoms. The summed E-state index contributed by atoms with van der Waals surface area (Å²) in [4.78, 5) is 22.6. The zero-order valence-electron chi connectivity index (χ0n) is 27.7. The van der Waals surface area contributed by atoms with E-state index in [0.29, 0.717) is 36.5 Å². The Kier molecular flexibility index (Phi) is 12.2. The van der Waals surface area contributed by atoms with E-state index in [-0.39, 0.29) is 11.9 Å². The van der Waals surface area contributed by atoms with Crippen molar-refractivity contribution in [3.63, 3.8) is 0 Å². The van der Waals surface area contributed by atoms with E-state index in [1.807, 2.05) is 36.4 Å². The highest BCUT2D eigenvalue weighted by Gasteiger charge is 2.16. The van der Waals surface area contributed by atoms with Crippen LogP contribution in [0.5, 0.6) is 23.0 Å². The molecular weight excluding hydrogens is 576 g/mol. The number of fused-ring (bicyclic) bond motifs is 1. The fourth-order valence-electron chi connectivity index (χ4n) is 4.65. The van der Waals surface area contributed by atoms with E-state index in [0.717, 1.165) is 57.4 Å². The van der Waals surface area contributed by atoms with Gasteiger partial charge in [-0.25, -0.2) is 0 Å². The highest BCUT2D eigenvalue weighted by molar-refractivity contribution is 5.99. The molecule has 4 aromatic rings. The summed E-state index contributed by atoms with van der Waals surface area (Å²) in [6, 6.07) is 23.2. The largest absolute Gasteiger partial charge is 0.492 e. The summed E-state index contributed by atoms with van der Waals surface area (Å²) < 4.78 is 23.4. The van der Waals surface area contributed by atoms with Crippen molar-refractivity contribution in [2.24, 2.45) is 11.8 Å². The number of rotatable bonds is 14. The summed E-state index contributed by atoms with van der Waals surface area (Å²) in [6.45, 7) is 12.7. The van der Waals surface area contributed by atoms with Crippen LogP contribution in [-0.2, 0) is 9.59 Å². The summed E-state index contributed by atoms with van der Waals surface area (Å²) >= 11 is 0. The van der Waals surface area contributed by atoms with E-state index in [9.17, 15) is 9.59 Å². The van der Waals surface area contributed by atoms with Gasteiger partial charge in [0.15, 0.2) is 0 Å². The Bertz CT molecular complexity index is 1560. The van der Waals surface area contributed by atoms with Crippen LogP contribution in [0.25, 0.3) is 35.1 Å². The third-order valence-corrected chi connectivity index (χ3v) is 7.78. The van der Waals surface area contributed by atoms with Crippen molar-refractivity contribution < 1.29 is 28.5 Å². The number of carbonyl (C=O) groups is 2. The van der Waals surface area contributed by atoms with Crippen LogP contribution in [0.4, 0.5) is 0 Å². The molecule has 0 aliphatic rings. The fourth-order valence-corrected chi connectivity index (χ4v) is 4.65. The van der Waals surface area contributed by atoms with Gasteiger partial charge in [-0.05, 0) is 59.4 Å². The quantitative estimate of drug-likeness (QED) is 0.0794. The smallest absolute Gasteiger partial charge is 0.308 e. The highest BCUT2D eigenvalue weighted by Crippen LogP contribution is 2.39. The van der Waals surface area contributed by atoms with Crippen molar-refractivity contribution in [3.8, 4) is 23.0 Å². The molecule has 4 rings (SSSR count). The van der Waals surface area contributed by atoms with Gasteiger partial charge in [0.05, 0.1) is 13.2 Å². The molecule has 4 aromatic carbocycles. The minimum absolute atomic E-state index is 0.344. The molecule has 0 unspecified atom stereocenters. The molecule has 0 fully saturated rings. The second-order valence-electron chi connectivity index (χ2n) is 11.7. The first-order valence-corrected chi connectivity index (χ1v) is 15.9. The van der Waals surface area contributed by atoms with Crippen LogP contribution in [0.2, 0.25) is 0 Å². The summed E-state index contributed by atoms with van der Waals surface area (Å²) in [6.07, 6.45) is 10.2. The number of benzene rings is 4. The van der Waals surface area contributed by atoms with Crippen molar-refractivity contribution >= 4 is 47.0 Å². The van der Waals surface area contributed by atoms with E-state index >= 15 is 0 Å². The van der Waals surface area contributed by atoms with Gasteiger partial charge in [0, 0.05) is 35.7 Å². The van der Waals surface area contributed by atoms with Gasteiger partial charge in [0.2, 0.25) is 0 Å². The molecule has 0 N–H and O–H groups in total. The second kappa shape index (κ2) is 16.5. The minimum atomic E-state index is -0.344. The van der Waals surface area contributed by atoms with Gasteiger partial charge in [-0.15, -0.1) is 0 Å². The van der Waals surface area contributed by atoms with E-state index in [1.165, 1.54) is 13.8 Å². The molecular formula is C40H44O6. The predicted octanol–water partition coefficient (Wildman–Crippen LogP) is 9.88. The van der Waals surface area contributed by atoms with Gasteiger partial charge in [0.25, 0.3) is 0 Å². The van der Waals surface area contributed by atoms with Gasteiger partial charge in [-0.2, -0.15) is 0 Å². The molecule has 2 atom stereocenters. The normalized spacial score (nSPS) is 12.7. The maximum atomic E-state index is 11.3. The van der Waals surface area contributed by atoms with Gasteiger partial charge in [-0.3, -0.25) is 9.59 Å². The Labute approximate surface area is 272 Å². The van der Waals surface area contributed by atoms with Crippen LogP contribution < -0.4 is 18.9 Å². The molecule has 0 heterocycles. The van der Waals surface area contributed by atoms with Crippen LogP contribution >= 0.6 is 0 Å². The lowest BCUT2D eigenvalue weighted by molar-refractivity contribution is -0.132. The molecule has 0 saturated heterocycles. The standard InChI is InChI=1S/C40H44O6/c1-7-27(3)25-43-39-33(15-9-31-11-19-35(20-12-31)45-29(5)41)17-24-38-37(39)23-18-34(40(38)44-26-28(4)8-2)16-10-32-13-21-36(22-14-32)46-30(6)42/h9-24,27-28H,7-8,25-26H2,1-6H3/b15-9+,16-10+/t27-,28-/m0/s1. The first-order valence-electron chi connectivity index (χ1n) is 15.9. The van der Waals surface area contributed by atoms with Gasteiger partial charge >= 0.3 is 11.9 Å². The maximum absolute atomic E-state index is 11.3. The lowest BCUT2D eigenvalue weighted by Gasteiger charge is -2.19. The van der Waals surface area contributed by atoms with Crippen molar-refractivity contribution in [2.45, 2.75) is 54.4 Å². The Balaban J connectivity index is 1.74. The SMILES string of the molecule is CC[C@H](C)COc1c(/C=C/c2ccc(OC(C)=O)cc2)ccc2c(OC[C@@H](C)CC)c(/C=C/c3ccc(OC(C)=O)cc3)ccc12. The van der Waals surface area contributed by atoms with Crippen LogP contribution in [0.1, 0.15) is 76.6 Å². The third kappa shape index (κ3) is 9.58. The molecule has 6 heteroatoms. The minimum Gasteiger partial charge on any atom is -0.492 e. The molecule has 0 bridgehead atoms. The fraction of sp³-hybridized carbons (Fsp3) is 0.300. The number of ether oxygens (including phenoxy) is 4. The van der Waals surface area contributed by atoms with Crippen LogP contribution in [0.3, 0.4) is 0 Å². The molecule has 0 amide bonds. The van der Waals surface area contributed by atoms with Crippen LogP contribution in [0.15, 0.2) is 72.8 Å². The molecule has 0 radical (unpaired) electrons. The Morgan fingerprint density at radius 3 is 1.26 bits per heavy atom. The van der Waals surface area contributed by atoms with Gasteiger partial charge < -0.3 is 18.9 Å². The first kappa shape index (κ1) is 34.0. The number of hydrogen-bond donors (Lipinski definition) is 0. The van der Waals surface area contributed by atoms with E-state index < -0.39 is 0 Å².